The molecule has 3 N–H and O–H groups in total. The molecule has 1 amide bonds. The monoisotopic (exact) mass is 548 g/mol. The molecular weight excluding hydrogens is 531 g/mol. The Balaban J connectivity index is 0.00000432. The van der Waals surface area contributed by atoms with Gasteiger partial charge in [-0.3, -0.25) is 9.59 Å². The summed E-state index contributed by atoms with van der Waals surface area (Å²) in [7, 11) is 0. The predicted molar refractivity (Wildman–Crippen MR) is 118 cm³/mol. The SMILES string of the molecule is [NH-]CCCOc1cc(F)ccc1Cc1nc(C(F)(F)F)c(Cl)cc1C(=O)Nc1cc[nH]c(=O)c1.[V]. The number of hydrogen-bond acceptors (Lipinski definition) is 4. The third kappa shape index (κ3) is 7.56. The van der Waals surface area contributed by atoms with Crippen LogP contribution in [-0.2, 0) is 31.2 Å². The second-order valence-electron chi connectivity index (χ2n) is 7.09. The van der Waals surface area contributed by atoms with Crippen molar-refractivity contribution in [3.63, 3.8) is 0 Å². The van der Waals surface area contributed by atoms with E-state index in [1.165, 1.54) is 18.3 Å². The van der Waals surface area contributed by atoms with Crippen LogP contribution < -0.4 is 15.6 Å². The zero-order valence-electron chi connectivity index (χ0n) is 17.9. The fourth-order valence-electron chi connectivity index (χ4n) is 3.02. The van der Waals surface area contributed by atoms with E-state index in [9.17, 15) is 27.2 Å². The molecule has 0 spiro atoms. The predicted octanol–water partition coefficient (Wildman–Crippen LogP) is 5.24. The average molecular weight is 549 g/mol. The van der Waals surface area contributed by atoms with Gasteiger partial charge in [0.2, 0.25) is 5.56 Å². The summed E-state index contributed by atoms with van der Waals surface area (Å²) in [6, 6.07) is 6.80. The molecule has 0 saturated carbocycles. The molecule has 3 rings (SSSR count). The van der Waals surface area contributed by atoms with Crippen LogP contribution in [0.15, 0.2) is 47.4 Å². The molecule has 2 aromatic heterocycles. The second-order valence-corrected chi connectivity index (χ2v) is 7.49. The van der Waals surface area contributed by atoms with Gasteiger partial charge in [0.1, 0.15) is 11.6 Å². The van der Waals surface area contributed by atoms with Gasteiger partial charge in [0.15, 0.2) is 5.69 Å². The van der Waals surface area contributed by atoms with Crippen molar-refractivity contribution in [3.8, 4) is 5.75 Å². The fraction of sp³-hybridized carbons (Fsp3) is 0.227. The molecule has 7 nitrogen and oxygen atoms in total. The first-order chi connectivity index (χ1) is 16.1. The number of benzene rings is 1. The van der Waals surface area contributed by atoms with Crippen LogP contribution in [0.1, 0.15) is 33.7 Å². The van der Waals surface area contributed by atoms with E-state index in [0.29, 0.717) is 6.42 Å². The number of aromatic amines is 1. The maximum atomic E-state index is 13.8. The molecule has 1 radical (unpaired) electrons. The molecular formula is C22H18ClF4N4O3V-. The average Bonchev–Trinajstić information content (AvgIpc) is 2.75. The normalized spacial score (nSPS) is 11.0. The first kappa shape index (κ1) is 28.4. The molecule has 2 heterocycles. The van der Waals surface area contributed by atoms with Crippen LogP contribution in [0, 0.1) is 5.82 Å². The molecule has 0 saturated heterocycles. The minimum Gasteiger partial charge on any atom is -0.677 e. The quantitative estimate of drug-likeness (QED) is 0.296. The summed E-state index contributed by atoms with van der Waals surface area (Å²) < 4.78 is 59.6. The molecule has 0 bridgehead atoms. The summed E-state index contributed by atoms with van der Waals surface area (Å²) in [5.41, 5.74) is 5.14. The van der Waals surface area contributed by atoms with Crippen molar-refractivity contribution in [2.75, 3.05) is 18.5 Å². The molecule has 0 unspecified atom stereocenters. The van der Waals surface area contributed by atoms with E-state index in [0.717, 1.165) is 24.3 Å². The number of carbonyl (C=O) groups excluding carboxylic acids is 1. The fourth-order valence-corrected chi connectivity index (χ4v) is 3.28. The van der Waals surface area contributed by atoms with Gasteiger partial charge in [-0.25, -0.2) is 9.37 Å². The minimum atomic E-state index is -4.89. The van der Waals surface area contributed by atoms with E-state index in [2.05, 4.69) is 15.3 Å². The van der Waals surface area contributed by atoms with Crippen LogP contribution in [0.3, 0.4) is 0 Å². The van der Waals surface area contributed by atoms with Crippen LogP contribution in [0.4, 0.5) is 23.2 Å². The second kappa shape index (κ2) is 12.2. The van der Waals surface area contributed by atoms with Crippen LogP contribution in [-0.4, -0.2) is 29.0 Å². The Hall–Kier alpha value is -2.86. The third-order valence-corrected chi connectivity index (χ3v) is 4.85. The standard InChI is InChI=1S/C22H18ClF4N4O3.V/c23-16-11-15(21(33)30-14-4-6-29-19(32)10-14)17(31-20(16)22(25,26)27)8-12-2-3-13(24)9-18(12)34-7-1-5-28;/h2-4,6,9-11,28H,1,5,7-8H2,(H2,29,30,32,33);/q-1;. The molecule has 0 aliphatic carbocycles. The van der Waals surface area contributed by atoms with E-state index >= 15 is 0 Å². The number of alkyl halides is 3. The molecule has 1 aromatic carbocycles. The van der Waals surface area contributed by atoms with Crippen LogP contribution >= 0.6 is 11.6 Å². The Kier molecular flexibility index (Phi) is 9.90. The van der Waals surface area contributed by atoms with Crippen LogP contribution in [0.2, 0.25) is 5.02 Å². The number of H-pyrrole nitrogens is 1. The maximum absolute atomic E-state index is 13.8. The Morgan fingerprint density at radius 2 is 1.94 bits per heavy atom. The van der Waals surface area contributed by atoms with E-state index in [1.807, 2.05) is 0 Å². The van der Waals surface area contributed by atoms with Gasteiger partial charge in [-0.05, 0) is 24.6 Å². The van der Waals surface area contributed by atoms with Gasteiger partial charge in [0.05, 0.1) is 22.9 Å². The van der Waals surface area contributed by atoms with E-state index in [4.69, 9.17) is 22.1 Å². The number of nitrogens with one attached hydrogen (secondary N) is 3. The number of anilines is 1. The number of amides is 1. The van der Waals surface area contributed by atoms with Crippen molar-refractivity contribution in [1.82, 2.24) is 9.97 Å². The minimum absolute atomic E-state index is 0. The van der Waals surface area contributed by atoms with E-state index in [1.54, 1.807) is 0 Å². The summed E-state index contributed by atoms with van der Waals surface area (Å²) in [5.74, 6) is -1.42. The Bertz CT molecular complexity index is 1250. The van der Waals surface area contributed by atoms with Crippen molar-refractivity contribution in [2.45, 2.75) is 19.0 Å². The van der Waals surface area contributed by atoms with Crippen molar-refractivity contribution in [1.29, 1.82) is 0 Å². The summed E-state index contributed by atoms with van der Waals surface area (Å²) in [6.45, 7) is 0.169. The Labute approximate surface area is 213 Å². The van der Waals surface area contributed by atoms with Gasteiger partial charge in [-0.2, -0.15) is 13.2 Å². The molecule has 0 aliphatic rings. The van der Waals surface area contributed by atoms with Crippen molar-refractivity contribution in [2.24, 2.45) is 0 Å². The van der Waals surface area contributed by atoms with Gasteiger partial charge < -0.3 is 20.8 Å². The van der Waals surface area contributed by atoms with Gasteiger partial charge in [0, 0.05) is 54.6 Å². The number of nitrogens with zero attached hydrogens (tertiary/aromatic N) is 1. The van der Waals surface area contributed by atoms with Crippen molar-refractivity contribution < 1.29 is 45.6 Å². The van der Waals surface area contributed by atoms with Crippen molar-refractivity contribution in [3.05, 3.63) is 92.0 Å². The summed E-state index contributed by atoms with van der Waals surface area (Å²) in [5, 5.41) is 1.65. The number of pyridine rings is 2. The molecule has 185 valence electrons. The number of aromatic nitrogens is 2. The van der Waals surface area contributed by atoms with Gasteiger partial charge in [-0.15, -0.1) is 6.54 Å². The van der Waals surface area contributed by atoms with Gasteiger partial charge in [0.25, 0.3) is 5.91 Å². The van der Waals surface area contributed by atoms with E-state index in [-0.39, 0.29) is 66.4 Å². The third-order valence-electron chi connectivity index (χ3n) is 4.57. The first-order valence-electron chi connectivity index (χ1n) is 9.91. The number of ether oxygens (including phenoxy) is 1. The largest absolute Gasteiger partial charge is 0.677 e. The molecule has 0 atom stereocenters. The smallest absolute Gasteiger partial charge is 0.434 e. The number of rotatable bonds is 8. The molecule has 13 heteroatoms. The number of carbonyl (C=O) groups is 1. The van der Waals surface area contributed by atoms with Crippen molar-refractivity contribution >= 4 is 23.2 Å². The number of hydrogen-bond donors (Lipinski definition) is 2. The summed E-state index contributed by atoms with van der Waals surface area (Å²) >= 11 is 5.79. The van der Waals surface area contributed by atoms with Crippen LogP contribution in [0.25, 0.3) is 5.73 Å². The summed E-state index contributed by atoms with van der Waals surface area (Å²) in [6.07, 6.45) is -3.55. The van der Waals surface area contributed by atoms with Gasteiger partial charge in [-0.1, -0.05) is 17.7 Å². The van der Waals surface area contributed by atoms with E-state index < -0.39 is 34.2 Å². The van der Waals surface area contributed by atoms with Crippen LogP contribution in [0.5, 0.6) is 5.75 Å². The first-order valence-corrected chi connectivity index (χ1v) is 10.3. The topological polar surface area (TPSA) is 108 Å². The molecule has 0 fully saturated rings. The number of halogens is 5. The molecule has 35 heavy (non-hydrogen) atoms. The maximum Gasteiger partial charge on any atom is 0.434 e. The molecule has 3 aromatic rings. The Morgan fingerprint density at radius 3 is 2.60 bits per heavy atom. The Morgan fingerprint density at radius 1 is 1.20 bits per heavy atom. The van der Waals surface area contributed by atoms with Gasteiger partial charge >= 0.3 is 6.18 Å². The zero-order valence-corrected chi connectivity index (χ0v) is 20.0. The summed E-state index contributed by atoms with van der Waals surface area (Å²) in [4.78, 5) is 30.3. The zero-order chi connectivity index (χ0) is 24.9. The molecule has 0 aliphatic heterocycles.